The Kier molecular flexibility index (Phi) is 4.87. The van der Waals surface area contributed by atoms with Gasteiger partial charge in [-0.25, -0.2) is 4.98 Å². The molecule has 6 nitrogen and oxygen atoms in total. The van der Waals surface area contributed by atoms with E-state index in [9.17, 15) is 9.90 Å². The van der Waals surface area contributed by atoms with Crippen molar-refractivity contribution >= 4 is 29.0 Å². The molecule has 2 aromatic rings. The van der Waals surface area contributed by atoms with Crippen molar-refractivity contribution in [2.45, 2.75) is 0 Å². The maximum absolute atomic E-state index is 12.2. The van der Waals surface area contributed by atoms with Crippen LogP contribution in [0.2, 0.25) is 5.02 Å². The number of phenols is 1. The van der Waals surface area contributed by atoms with E-state index >= 15 is 0 Å². The molecule has 1 aliphatic rings. The molecule has 7 heteroatoms. The van der Waals surface area contributed by atoms with Gasteiger partial charge in [0.15, 0.2) is 0 Å². The summed E-state index contributed by atoms with van der Waals surface area (Å²) in [7, 11) is 2.11. The van der Waals surface area contributed by atoms with Crippen LogP contribution in [0.25, 0.3) is 0 Å². The average molecular weight is 347 g/mol. The zero-order chi connectivity index (χ0) is 17.1. The highest BCUT2D eigenvalue weighted by Crippen LogP contribution is 2.23. The first-order chi connectivity index (χ1) is 11.5. The fraction of sp³-hybridized carbons (Fsp3) is 0.294. The number of anilines is 2. The van der Waals surface area contributed by atoms with E-state index < -0.39 is 5.91 Å². The Balaban J connectivity index is 1.68. The minimum absolute atomic E-state index is 0.112. The Labute approximate surface area is 145 Å². The number of aromatic nitrogens is 1. The van der Waals surface area contributed by atoms with Gasteiger partial charge in [0.05, 0.1) is 17.4 Å². The third kappa shape index (κ3) is 3.77. The first-order valence-corrected chi connectivity index (χ1v) is 8.10. The number of aromatic hydroxyl groups is 1. The number of amides is 1. The molecule has 0 spiro atoms. The molecule has 24 heavy (non-hydrogen) atoms. The zero-order valence-electron chi connectivity index (χ0n) is 13.4. The molecule has 0 aliphatic carbocycles. The van der Waals surface area contributed by atoms with Gasteiger partial charge in [-0.15, -0.1) is 0 Å². The second kappa shape index (κ2) is 7.07. The number of pyridine rings is 1. The molecule has 126 valence electrons. The standard InChI is InChI=1S/C17H19ClN4O2/c1-21-6-8-22(9-7-21)16-5-3-13(11-19-16)20-17(24)14-10-12(18)2-4-15(14)23/h2-5,10-11,23H,6-9H2,1H3,(H,20,24). The maximum atomic E-state index is 12.2. The lowest BCUT2D eigenvalue weighted by atomic mass is 10.2. The number of nitrogens with zero attached hydrogens (tertiary/aromatic N) is 3. The number of phenolic OH excluding ortho intramolecular Hbond substituents is 1. The van der Waals surface area contributed by atoms with Crippen LogP contribution >= 0.6 is 11.6 Å². The molecule has 0 radical (unpaired) electrons. The Morgan fingerprint density at radius 1 is 1.21 bits per heavy atom. The lowest BCUT2D eigenvalue weighted by molar-refractivity contribution is 0.102. The molecule has 0 bridgehead atoms. The Morgan fingerprint density at radius 2 is 1.96 bits per heavy atom. The largest absolute Gasteiger partial charge is 0.507 e. The van der Waals surface area contributed by atoms with Crippen molar-refractivity contribution in [3.8, 4) is 5.75 Å². The van der Waals surface area contributed by atoms with E-state index in [0.717, 1.165) is 32.0 Å². The molecular formula is C17H19ClN4O2. The number of likely N-dealkylation sites (N-methyl/N-ethyl adjacent to an activating group) is 1. The summed E-state index contributed by atoms with van der Waals surface area (Å²) in [6.07, 6.45) is 1.62. The first-order valence-electron chi connectivity index (χ1n) is 7.72. The Morgan fingerprint density at radius 3 is 2.62 bits per heavy atom. The number of rotatable bonds is 3. The predicted molar refractivity (Wildman–Crippen MR) is 95.0 cm³/mol. The van der Waals surface area contributed by atoms with Crippen molar-refractivity contribution in [2.75, 3.05) is 43.4 Å². The van der Waals surface area contributed by atoms with Crippen LogP contribution in [0.15, 0.2) is 36.5 Å². The van der Waals surface area contributed by atoms with E-state index in [1.165, 1.54) is 18.2 Å². The Bertz CT molecular complexity index is 728. The van der Waals surface area contributed by atoms with Gasteiger partial charge < -0.3 is 20.2 Å². The van der Waals surface area contributed by atoms with E-state index in [-0.39, 0.29) is 11.3 Å². The van der Waals surface area contributed by atoms with Gasteiger partial charge in [0, 0.05) is 31.2 Å². The Hall–Kier alpha value is -2.31. The van der Waals surface area contributed by atoms with Crippen LogP contribution in [0.3, 0.4) is 0 Å². The summed E-state index contributed by atoms with van der Waals surface area (Å²) in [4.78, 5) is 21.2. The van der Waals surface area contributed by atoms with Crippen molar-refractivity contribution < 1.29 is 9.90 Å². The fourth-order valence-corrected chi connectivity index (χ4v) is 2.74. The van der Waals surface area contributed by atoms with Crippen LogP contribution in [-0.4, -0.2) is 54.1 Å². The second-order valence-corrected chi connectivity index (χ2v) is 6.25. The molecule has 2 N–H and O–H groups in total. The van der Waals surface area contributed by atoms with Gasteiger partial charge in [-0.1, -0.05) is 11.6 Å². The molecule has 0 unspecified atom stereocenters. The molecule has 1 aromatic carbocycles. The number of halogens is 1. The summed E-state index contributed by atoms with van der Waals surface area (Å²) in [5.74, 6) is 0.356. The van der Waals surface area contributed by atoms with Crippen molar-refractivity contribution in [2.24, 2.45) is 0 Å². The van der Waals surface area contributed by atoms with E-state index in [0.29, 0.717) is 10.7 Å². The van der Waals surface area contributed by atoms with Crippen LogP contribution in [0.4, 0.5) is 11.5 Å². The molecule has 1 saturated heterocycles. The van der Waals surface area contributed by atoms with Crippen LogP contribution in [0.1, 0.15) is 10.4 Å². The van der Waals surface area contributed by atoms with Crippen LogP contribution in [0, 0.1) is 0 Å². The van der Waals surface area contributed by atoms with Crippen LogP contribution < -0.4 is 10.2 Å². The molecule has 1 aromatic heterocycles. The van der Waals surface area contributed by atoms with Crippen molar-refractivity contribution in [3.63, 3.8) is 0 Å². The number of nitrogens with one attached hydrogen (secondary N) is 1. The van der Waals surface area contributed by atoms with Crippen molar-refractivity contribution in [1.82, 2.24) is 9.88 Å². The maximum Gasteiger partial charge on any atom is 0.259 e. The molecule has 2 heterocycles. The van der Waals surface area contributed by atoms with Gasteiger partial charge in [0.25, 0.3) is 5.91 Å². The van der Waals surface area contributed by atoms with Gasteiger partial charge in [-0.2, -0.15) is 0 Å². The highest BCUT2D eigenvalue weighted by molar-refractivity contribution is 6.31. The second-order valence-electron chi connectivity index (χ2n) is 5.81. The zero-order valence-corrected chi connectivity index (χ0v) is 14.1. The predicted octanol–water partition coefficient (Wildman–Crippen LogP) is 2.44. The summed E-state index contributed by atoms with van der Waals surface area (Å²) in [5, 5.41) is 12.9. The number of carbonyl (C=O) groups excluding carboxylic acids is 1. The first kappa shape index (κ1) is 16.5. The number of carbonyl (C=O) groups is 1. The lowest BCUT2D eigenvalue weighted by Gasteiger charge is -2.33. The van der Waals surface area contributed by atoms with Crippen molar-refractivity contribution in [1.29, 1.82) is 0 Å². The highest BCUT2D eigenvalue weighted by Gasteiger charge is 2.16. The molecule has 1 amide bonds. The molecule has 3 rings (SSSR count). The summed E-state index contributed by atoms with van der Waals surface area (Å²) >= 11 is 5.87. The molecule has 0 saturated carbocycles. The summed E-state index contributed by atoms with van der Waals surface area (Å²) < 4.78 is 0. The molecule has 1 fully saturated rings. The number of hydrogen-bond donors (Lipinski definition) is 2. The van der Waals surface area contributed by atoms with Crippen LogP contribution in [0.5, 0.6) is 5.75 Å². The van der Waals surface area contributed by atoms with E-state index in [1.54, 1.807) is 12.3 Å². The monoisotopic (exact) mass is 346 g/mol. The van der Waals surface area contributed by atoms with E-state index in [2.05, 4.69) is 27.1 Å². The van der Waals surface area contributed by atoms with Gasteiger partial charge in [-0.05, 0) is 37.4 Å². The van der Waals surface area contributed by atoms with Gasteiger partial charge in [0.1, 0.15) is 11.6 Å². The minimum Gasteiger partial charge on any atom is -0.507 e. The molecular weight excluding hydrogens is 328 g/mol. The van der Waals surface area contributed by atoms with Gasteiger partial charge >= 0.3 is 0 Å². The van der Waals surface area contributed by atoms with Crippen LogP contribution in [-0.2, 0) is 0 Å². The summed E-state index contributed by atoms with van der Waals surface area (Å²) in [6.45, 7) is 3.89. The topological polar surface area (TPSA) is 68.7 Å². The molecule has 0 atom stereocenters. The normalized spacial score (nSPS) is 15.3. The van der Waals surface area contributed by atoms with Gasteiger partial charge in [0.2, 0.25) is 0 Å². The van der Waals surface area contributed by atoms with Gasteiger partial charge in [-0.3, -0.25) is 4.79 Å². The summed E-state index contributed by atoms with van der Waals surface area (Å²) in [6, 6.07) is 8.04. The minimum atomic E-state index is -0.427. The number of benzene rings is 1. The third-order valence-electron chi connectivity index (χ3n) is 4.04. The summed E-state index contributed by atoms with van der Waals surface area (Å²) in [5.41, 5.74) is 0.697. The highest BCUT2D eigenvalue weighted by atomic mass is 35.5. The average Bonchev–Trinajstić information content (AvgIpc) is 2.58. The fourth-order valence-electron chi connectivity index (χ4n) is 2.57. The smallest absolute Gasteiger partial charge is 0.259 e. The third-order valence-corrected chi connectivity index (χ3v) is 4.27. The quantitative estimate of drug-likeness (QED) is 0.893. The van der Waals surface area contributed by atoms with E-state index in [4.69, 9.17) is 11.6 Å². The number of piperazine rings is 1. The molecule has 1 aliphatic heterocycles. The van der Waals surface area contributed by atoms with Crippen molar-refractivity contribution in [3.05, 3.63) is 47.1 Å². The number of hydrogen-bond acceptors (Lipinski definition) is 5. The lowest BCUT2D eigenvalue weighted by Crippen LogP contribution is -2.44. The van der Waals surface area contributed by atoms with E-state index in [1.807, 2.05) is 6.07 Å². The SMILES string of the molecule is CN1CCN(c2ccc(NC(=O)c3cc(Cl)ccc3O)cn2)CC1.